The number of thiazole rings is 1. The van der Waals surface area contributed by atoms with Crippen LogP contribution in [0.15, 0.2) is 34.9 Å². The molecular formula is C12H11BrN2OS. The van der Waals surface area contributed by atoms with Crippen molar-refractivity contribution in [1.29, 1.82) is 0 Å². The first-order valence-corrected chi connectivity index (χ1v) is 6.71. The maximum Gasteiger partial charge on any atom is 0.251 e. The molecule has 1 aromatic heterocycles. The number of nitrogens with one attached hydrogen (secondary N) is 1. The number of aromatic nitrogens is 1. The van der Waals surface area contributed by atoms with Crippen LogP contribution in [0.4, 0.5) is 0 Å². The van der Waals surface area contributed by atoms with E-state index in [-0.39, 0.29) is 5.91 Å². The van der Waals surface area contributed by atoms with E-state index in [1.54, 1.807) is 23.5 Å². The predicted octanol–water partition coefficient (Wildman–Crippen LogP) is 3.14. The highest BCUT2D eigenvalue weighted by Crippen LogP contribution is 2.13. The van der Waals surface area contributed by atoms with Gasteiger partial charge in [-0.25, -0.2) is 4.98 Å². The highest BCUT2D eigenvalue weighted by molar-refractivity contribution is 9.10. The third kappa shape index (κ3) is 3.38. The minimum Gasteiger partial charge on any atom is -0.346 e. The lowest BCUT2D eigenvalue weighted by Gasteiger charge is -2.03. The van der Waals surface area contributed by atoms with Gasteiger partial charge in [-0.3, -0.25) is 4.79 Å². The van der Waals surface area contributed by atoms with Crippen LogP contribution in [0.3, 0.4) is 0 Å². The summed E-state index contributed by atoms with van der Waals surface area (Å²) in [5.74, 6) is -0.0841. The molecule has 2 aromatic rings. The Bertz CT molecular complexity index is 539. The van der Waals surface area contributed by atoms with Crippen molar-refractivity contribution in [3.63, 3.8) is 0 Å². The van der Waals surface area contributed by atoms with E-state index in [4.69, 9.17) is 0 Å². The Morgan fingerprint density at radius 2 is 2.35 bits per heavy atom. The van der Waals surface area contributed by atoms with Crippen LogP contribution in [0.25, 0.3) is 0 Å². The summed E-state index contributed by atoms with van der Waals surface area (Å²) in [5, 5.41) is 3.77. The molecule has 0 unspecified atom stereocenters. The van der Waals surface area contributed by atoms with E-state index < -0.39 is 0 Å². The predicted molar refractivity (Wildman–Crippen MR) is 72.2 cm³/mol. The second kappa shape index (κ2) is 5.42. The molecule has 88 valence electrons. The average Bonchev–Trinajstić information content (AvgIpc) is 2.72. The van der Waals surface area contributed by atoms with E-state index in [9.17, 15) is 4.79 Å². The second-order valence-corrected chi connectivity index (χ2v) is 5.79. The molecule has 0 radical (unpaired) electrons. The SMILES string of the molecule is Cc1cnc(CNC(=O)c2cccc(Br)c2)s1. The van der Waals surface area contributed by atoms with E-state index in [0.29, 0.717) is 12.1 Å². The van der Waals surface area contributed by atoms with Crippen molar-refractivity contribution in [3.05, 3.63) is 50.4 Å². The molecule has 3 nitrogen and oxygen atoms in total. The molecule has 17 heavy (non-hydrogen) atoms. The number of carbonyl (C=O) groups is 1. The van der Waals surface area contributed by atoms with Gasteiger partial charge in [-0.1, -0.05) is 22.0 Å². The van der Waals surface area contributed by atoms with E-state index >= 15 is 0 Å². The van der Waals surface area contributed by atoms with Crippen molar-refractivity contribution in [3.8, 4) is 0 Å². The first-order valence-electron chi connectivity index (χ1n) is 5.10. The van der Waals surface area contributed by atoms with Crippen molar-refractivity contribution in [2.45, 2.75) is 13.5 Å². The summed E-state index contributed by atoms with van der Waals surface area (Å²) < 4.78 is 0.898. The number of benzene rings is 1. The Balaban J connectivity index is 1.98. The average molecular weight is 311 g/mol. The number of hydrogen-bond donors (Lipinski definition) is 1. The van der Waals surface area contributed by atoms with Crippen molar-refractivity contribution in [1.82, 2.24) is 10.3 Å². The van der Waals surface area contributed by atoms with Crippen molar-refractivity contribution < 1.29 is 4.79 Å². The normalized spacial score (nSPS) is 10.2. The van der Waals surface area contributed by atoms with Gasteiger partial charge in [-0.2, -0.15) is 0 Å². The maximum absolute atomic E-state index is 11.8. The molecule has 1 heterocycles. The third-order valence-corrected chi connectivity index (χ3v) is 3.56. The number of rotatable bonds is 3. The molecule has 1 N–H and O–H groups in total. The van der Waals surface area contributed by atoms with Gasteiger partial charge in [0.15, 0.2) is 0 Å². The zero-order valence-electron chi connectivity index (χ0n) is 9.24. The first-order chi connectivity index (χ1) is 8.15. The third-order valence-electron chi connectivity index (χ3n) is 2.16. The van der Waals surface area contributed by atoms with Gasteiger partial charge < -0.3 is 5.32 Å². The van der Waals surface area contributed by atoms with Crippen LogP contribution in [0, 0.1) is 6.92 Å². The minimum absolute atomic E-state index is 0.0841. The quantitative estimate of drug-likeness (QED) is 0.946. The van der Waals surface area contributed by atoms with Crippen LogP contribution in [0.1, 0.15) is 20.2 Å². The van der Waals surface area contributed by atoms with Crippen molar-refractivity contribution in [2.24, 2.45) is 0 Å². The molecule has 5 heteroatoms. The molecule has 0 aliphatic heterocycles. The van der Waals surface area contributed by atoms with E-state index in [0.717, 1.165) is 14.4 Å². The van der Waals surface area contributed by atoms with Gasteiger partial charge >= 0.3 is 0 Å². The lowest BCUT2D eigenvalue weighted by atomic mass is 10.2. The molecular weight excluding hydrogens is 300 g/mol. The molecule has 2 rings (SSSR count). The molecule has 0 atom stereocenters. The molecule has 1 aromatic carbocycles. The maximum atomic E-state index is 11.8. The molecule has 1 amide bonds. The highest BCUT2D eigenvalue weighted by atomic mass is 79.9. The Morgan fingerprint density at radius 3 is 3.00 bits per heavy atom. The van der Waals surface area contributed by atoms with E-state index in [1.807, 2.05) is 25.3 Å². The monoisotopic (exact) mass is 310 g/mol. The van der Waals surface area contributed by atoms with Crippen LogP contribution in [-0.2, 0) is 6.54 Å². The number of halogens is 1. The summed E-state index contributed by atoms with van der Waals surface area (Å²) in [6.45, 7) is 2.47. The molecule has 0 aliphatic carbocycles. The summed E-state index contributed by atoms with van der Waals surface area (Å²) in [7, 11) is 0. The van der Waals surface area contributed by atoms with Crippen LogP contribution in [-0.4, -0.2) is 10.9 Å². The van der Waals surface area contributed by atoms with Gasteiger partial charge in [-0.15, -0.1) is 11.3 Å². The minimum atomic E-state index is -0.0841. The van der Waals surface area contributed by atoms with Gasteiger partial charge in [0.05, 0.1) is 6.54 Å². The van der Waals surface area contributed by atoms with Crippen LogP contribution in [0.5, 0.6) is 0 Å². The molecule has 0 aliphatic rings. The topological polar surface area (TPSA) is 42.0 Å². The van der Waals surface area contributed by atoms with Gasteiger partial charge in [0, 0.05) is 21.1 Å². The van der Waals surface area contributed by atoms with Crippen LogP contribution in [0.2, 0.25) is 0 Å². The molecule has 0 saturated carbocycles. The summed E-state index contributed by atoms with van der Waals surface area (Å²) in [4.78, 5) is 17.2. The van der Waals surface area contributed by atoms with Crippen molar-refractivity contribution in [2.75, 3.05) is 0 Å². The summed E-state index contributed by atoms with van der Waals surface area (Å²) in [6, 6.07) is 7.31. The molecule has 0 fully saturated rings. The second-order valence-electron chi connectivity index (χ2n) is 3.56. The Labute approximate surface area is 112 Å². The lowest BCUT2D eigenvalue weighted by molar-refractivity contribution is 0.0951. The number of amides is 1. The van der Waals surface area contributed by atoms with Crippen LogP contribution < -0.4 is 5.32 Å². The number of carbonyl (C=O) groups excluding carboxylic acids is 1. The first kappa shape index (κ1) is 12.3. The summed E-state index contributed by atoms with van der Waals surface area (Å²) >= 11 is 4.93. The number of nitrogens with zero attached hydrogens (tertiary/aromatic N) is 1. The lowest BCUT2D eigenvalue weighted by Crippen LogP contribution is -2.22. The molecule has 0 spiro atoms. The highest BCUT2D eigenvalue weighted by Gasteiger charge is 2.06. The smallest absolute Gasteiger partial charge is 0.251 e. The van der Waals surface area contributed by atoms with E-state index in [2.05, 4.69) is 26.2 Å². The fourth-order valence-electron chi connectivity index (χ4n) is 1.37. The summed E-state index contributed by atoms with van der Waals surface area (Å²) in [5.41, 5.74) is 0.646. The van der Waals surface area contributed by atoms with Gasteiger partial charge in [0.25, 0.3) is 5.91 Å². The van der Waals surface area contributed by atoms with Gasteiger partial charge in [-0.05, 0) is 25.1 Å². The van der Waals surface area contributed by atoms with E-state index in [1.165, 1.54) is 0 Å². The largest absolute Gasteiger partial charge is 0.346 e. The molecule has 0 saturated heterocycles. The van der Waals surface area contributed by atoms with Crippen molar-refractivity contribution >= 4 is 33.2 Å². The number of aryl methyl sites for hydroxylation is 1. The zero-order valence-corrected chi connectivity index (χ0v) is 11.6. The Kier molecular flexibility index (Phi) is 3.91. The molecule has 0 bridgehead atoms. The van der Waals surface area contributed by atoms with Gasteiger partial charge in [0.1, 0.15) is 5.01 Å². The summed E-state index contributed by atoms with van der Waals surface area (Å²) in [6.07, 6.45) is 1.81. The zero-order chi connectivity index (χ0) is 12.3. The fraction of sp³-hybridized carbons (Fsp3) is 0.167. The van der Waals surface area contributed by atoms with Crippen LogP contribution >= 0.6 is 27.3 Å². The fourth-order valence-corrected chi connectivity index (χ4v) is 2.50. The van der Waals surface area contributed by atoms with Gasteiger partial charge in [0.2, 0.25) is 0 Å². The standard InChI is InChI=1S/C12H11BrN2OS/c1-8-6-14-11(17-8)7-15-12(16)9-3-2-4-10(13)5-9/h2-6H,7H2,1H3,(H,15,16). The number of hydrogen-bond acceptors (Lipinski definition) is 3. The Morgan fingerprint density at radius 1 is 1.53 bits per heavy atom. The Hall–Kier alpha value is -1.20.